The highest BCUT2D eigenvalue weighted by atomic mass is 79.9. The Morgan fingerprint density at radius 1 is 1.00 bits per heavy atom. The molecule has 84 valence electrons. The van der Waals surface area contributed by atoms with E-state index in [1.54, 1.807) is 18.2 Å². The van der Waals surface area contributed by atoms with Gasteiger partial charge in [-0.1, -0.05) is 44.0 Å². The molecule has 6 heteroatoms. The monoisotopic (exact) mass is 366 g/mol. The quantitative estimate of drug-likeness (QED) is 0.713. The molecule has 2 rings (SSSR count). The molecule has 0 N–H and O–H groups in total. The lowest BCUT2D eigenvalue weighted by atomic mass is 10.1. The second-order valence-corrected chi connectivity index (χ2v) is 6.17. The van der Waals surface area contributed by atoms with Crippen LogP contribution in [0.1, 0.15) is 0 Å². The Labute approximate surface area is 109 Å². The number of benzene rings is 2. The standard InChI is InChI=1S/C10H5Br2FO2S/c11-7-3-1-2-6-9(16(13,14)15)5-4-8(12)10(6)7/h1-5H. The molecule has 2 aromatic rings. The topological polar surface area (TPSA) is 34.1 Å². The van der Waals surface area contributed by atoms with E-state index in [9.17, 15) is 12.3 Å². The van der Waals surface area contributed by atoms with Crippen LogP contribution in [0.4, 0.5) is 3.89 Å². The van der Waals surface area contributed by atoms with Crippen molar-refractivity contribution >= 4 is 52.9 Å². The maximum Gasteiger partial charge on any atom is 0.332 e. The third-order valence-corrected chi connectivity index (χ3v) is 4.36. The Morgan fingerprint density at radius 2 is 1.62 bits per heavy atom. The molecule has 0 aliphatic rings. The number of fused-ring (bicyclic) bond motifs is 1. The zero-order valence-electron chi connectivity index (χ0n) is 7.75. The summed E-state index contributed by atoms with van der Waals surface area (Å²) in [5.41, 5.74) is 0. The van der Waals surface area contributed by atoms with E-state index in [0.717, 1.165) is 0 Å². The van der Waals surface area contributed by atoms with Crippen LogP contribution < -0.4 is 0 Å². The highest BCUT2D eigenvalue weighted by molar-refractivity contribution is 9.11. The van der Waals surface area contributed by atoms with E-state index < -0.39 is 10.2 Å². The first kappa shape index (κ1) is 12.0. The smallest absolute Gasteiger partial charge is 0.189 e. The SMILES string of the molecule is O=S(=O)(F)c1ccc(Br)c2c(Br)cccc12. The molecule has 0 atom stereocenters. The minimum Gasteiger partial charge on any atom is -0.189 e. The molecule has 2 nitrogen and oxygen atoms in total. The van der Waals surface area contributed by atoms with Crippen molar-refractivity contribution in [1.29, 1.82) is 0 Å². The summed E-state index contributed by atoms with van der Waals surface area (Å²) in [5, 5.41) is 0.993. The average molecular weight is 368 g/mol. The normalized spacial score (nSPS) is 11.9. The first-order valence-electron chi connectivity index (χ1n) is 4.22. The van der Waals surface area contributed by atoms with Crippen molar-refractivity contribution in [3.63, 3.8) is 0 Å². The van der Waals surface area contributed by atoms with Gasteiger partial charge in [0.1, 0.15) is 4.90 Å². The van der Waals surface area contributed by atoms with Crippen LogP contribution in [0.5, 0.6) is 0 Å². The lowest BCUT2D eigenvalue weighted by Crippen LogP contribution is -1.94. The lowest BCUT2D eigenvalue weighted by Gasteiger charge is -2.06. The molecular formula is C10H5Br2FO2S. The van der Waals surface area contributed by atoms with Crippen molar-refractivity contribution in [3.05, 3.63) is 39.3 Å². The van der Waals surface area contributed by atoms with Gasteiger partial charge in [-0.3, -0.25) is 0 Å². The highest BCUT2D eigenvalue weighted by Crippen LogP contribution is 2.35. The zero-order chi connectivity index (χ0) is 11.9. The number of rotatable bonds is 1. The van der Waals surface area contributed by atoms with Gasteiger partial charge in [0, 0.05) is 19.7 Å². The number of hydrogen-bond acceptors (Lipinski definition) is 2. The van der Waals surface area contributed by atoms with Crippen molar-refractivity contribution in [2.75, 3.05) is 0 Å². The maximum absolute atomic E-state index is 13.1. The Balaban J connectivity index is 3.02. The molecule has 0 bridgehead atoms. The Morgan fingerprint density at radius 3 is 2.25 bits per heavy atom. The molecule has 0 spiro atoms. The first-order valence-corrected chi connectivity index (χ1v) is 7.19. The largest absolute Gasteiger partial charge is 0.332 e. The number of hydrogen-bond donors (Lipinski definition) is 0. The van der Waals surface area contributed by atoms with Crippen LogP contribution >= 0.6 is 31.9 Å². The summed E-state index contributed by atoms with van der Waals surface area (Å²) in [6.07, 6.45) is 0. The van der Waals surface area contributed by atoms with E-state index in [1.807, 2.05) is 0 Å². The molecule has 0 amide bonds. The van der Waals surface area contributed by atoms with Crippen molar-refractivity contribution in [2.45, 2.75) is 4.90 Å². The van der Waals surface area contributed by atoms with Crippen molar-refractivity contribution < 1.29 is 12.3 Å². The lowest BCUT2D eigenvalue weighted by molar-refractivity contribution is 0.553. The molecule has 0 heterocycles. The van der Waals surface area contributed by atoms with Crippen LogP contribution in [-0.4, -0.2) is 8.42 Å². The third kappa shape index (κ3) is 2.01. The summed E-state index contributed by atoms with van der Waals surface area (Å²) in [4.78, 5) is -0.313. The highest BCUT2D eigenvalue weighted by Gasteiger charge is 2.17. The van der Waals surface area contributed by atoms with E-state index >= 15 is 0 Å². The molecule has 0 saturated carbocycles. The second-order valence-electron chi connectivity index (χ2n) is 3.15. The van der Waals surface area contributed by atoms with Gasteiger partial charge in [0.05, 0.1) is 0 Å². The summed E-state index contributed by atoms with van der Waals surface area (Å²) >= 11 is 6.60. The van der Waals surface area contributed by atoms with Crippen LogP contribution in [0, 0.1) is 0 Å². The van der Waals surface area contributed by atoms with Crippen LogP contribution in [0.3, 0.4) is 0 Å². The van der Waals surface area contributed by atoms with Crippen LogP contribution in [0.15, 0.2) is 44.2 Å². The predicted molar refractivity (Wildman–Crippen MR) is 67.6 cm³/mol. The van der Waals surface area contributed by atoms with Crippen LogP contribution in [0.2, 0.25) is 0 Å². The fourth-order valence-electron chi connectivity index (χ4n) is 1.51. The van der Waals surface area contributed by atoms with Gasteiger partial charge in [-0.25, -0.2) is 0 Å². The van der Waals surface area contributed by atoms with Gasteiger partial charge in [-0.15, -0.1) is 3.89 Å². The Bertz CT molecular complexity index is 660. The average Bonchev–Trinajstić information content (AvgIpc) is 2.16. The zero-order valence-corrected chi connectivity index (χ0v) is 11.7. The summed E-state index contributed by atoms with van der Waals surface area (Å²) in [6, 6.07) is 7.75. The second kappa shape index (κ2) is 4.09. The van der Waals surface area contributed by atoms with E-state index in [0.29, 0.717) is 19.7 Å². The van der Waals surface area contributed by atoms with Gasteiger partial charge in [0.25, 0.3) is 0 Å². The molecule has 0 aliphatic carbocycles. The van der Waals surface area contributed by atoms with Crippen molar-refractivity contribution in [1.82, 2.24) is 0 Å². The maximum atomic E-state index is 13.1. The molecule has 16 heavy (non-hydrogen) atoms. The minimum absolute atomic E-state index is 0.313. The molecule has 0 aromatic heterocycles. The number of halogens is 3. The van der Waals surface area contributed by atoms with Gasteiger partial charge < -0.3 is 0 Å². The summed E-state index contributed by atoms with van der Waals surface area (Å²) in [5.74, 6) is 0. The minimum atomic E-state index is -4.70. The van der Waals surface area contributed by atoms with Gasteiger partial charge in [-0.2, -0.15) is 8.42 Å². The van der Waals surface area contributed by atoms with Gasteiger partial charge in [-0.05, 0) is 18.2 Å². The fourth-order valence-corrected chi connectivity index (χ4v) is 3.58. The van der Waals surface area contributed by atoms with E-state index in [-0.39, 0.29) is 4.90 Å². The van der Waals surface area contributed by atoms with Gasteiger partial charge in [0.15, 0.2) is 0 Å². The molecule has 0 unspecified atom stereocenters. The van der Waals surface area contributed by atoms with Gasteiger partial charge >= 0.3 is 10.2 Å². The van der Waals surface area contributed by atoms with E-state index in [2.05, 4.69) is 31.9 Å². The Kier molecular flexibility index (Phi) is 3.07. The van der Waals surface area contributed by atoms with E-state index in [4.69, 9.17) is 0 Å². The van der Waals surface area contributed by atoms with Crippen LogP contribution in [0.25, 0.3) is 10.8 Å². The van der Waals surface area contributed by atoms with Crippen LogP contribution in [-0.2, 0) is 10.2 Å². The summed E-state index contributed by atoms with van der Waals surface area (Å²) in [6.45, 7) is 0. The molecular weight excluding hydrogens is 363 g/mol. The molecule has 2 aromatic carbocycles. The molecule has 0 saturated heterocycles. The van der Waals surface area contributed by atoms with Crippen molar-refractivity contribution in [3.8, 4) is 0 Å². The molecule has 0 aliphatic heterocycles. The first-order chi connectivity index (χ1) is 7.41. The van der Waals surface area contributed by atoms with Gasteiger partial charge in [0.2, 0.25) is 0 Å². The summed E-state index contributed by atoms with van der Waals surface area (Å²) < 4.78 is 36.4. The Hall–Kier alpha value is -0.460. The van der Waals surface area contributed by atoms with Crippen molar-refractivity contribution in [2.24, 2.45) is 0 Å². The predicted octanol–water partition coefficient (Wildman–Crippen LogP) is 4.02. The third-order valence-electron chi connectivity index (χ3n) is 2.16. The molecule has 0 fully saturated rings. The van der Waals surface area contributed by atoms with E-state index in [1.165, 1.54) is 12.1 Å². The molecule has 0 radical (unpaired) electrons. The fraction of sp³-hybridized carbons (Fsp3) is 0. The summed E-state index contributed by atoms with van der Waals surface area (Å²) in [7, 11) is -4.70.